The summed E-state index contributed by atoms with van der Waals surface area (Å²) in [6, 6.07) is 10.7. The van der Waals surface area contributed by atoms with Crippen molar-refractivity contribution in [3.8, 4) is 28.1 Å². The van der Waals surface area contributed by atoms with Crippen molar-refractivity contribution in [2.75, 3.05) is 19.0 Å². The molecule has 0 amide bonds. The Labute approximate surface area is 191 Å². The molecule has 0 aliphatic heterocycles. The molecule has 4 rings (SSSR count). The van der Waals surface area contributed by atoms with E-state index in [1.54, 1.807) is 12.3 Å². The molecule has 4 aromatic rings. The topological polar surface area (TPSA) is 34.0 Å². The van der Waals surface area contributed by atoms with Crippen LogP contribution in [-0.4, -0.2) is 28.6 Å². The minimum atomic E-state index is -4.95. The molecule has 176 valence electrons. The Hall–Kier alpha value is -3.82. The molecule has 0 unspecified atom stereocenters. The zero-order valence-corrected chi connectivity index (χ0v) is 18.0. The second-order valence-corrected chi connectivity index (χ2v) is 7.75. The molecule has 0 bridgehead atoms. The van der Waals surface area contributed by atoms with Crippen LogP contribution >= 0.6 is 0 Å². The summed E-state index contributed by atoms with van der Waals surface area (Å²) in [6.45, 7) is 0. The molecule has 0 aliphatic rings. The second kappa shape index (κ2) is 8.51. The molecule has 0 atom stereocenters. The van der Waals surface area contributed by atoms with E-state index in [-0.39, 0.29) is 17.3 Å². The number of aromatic nitrogens is 3. The fourth-order valence-electron chi connectivity index (χ4n) is 3.70. The summed E-state index contributed by atoms with van der Waals surface area (Å²) in [5.74, 6) is 0. The second-order valence-electron chi connectivity index (χ2n) is 7.75. The maximum Gasteiger partial charge on any atom is 0.416 e. The molecule has 0 aliphatic carbocycles. The summed E-state index contributed by atoms with van der Waals surface area (Å²) in [6.07, 6.45) is -4.29. The Morgan fingerprint density at radius 1 is 0.765 bits per heavy atom. The maximum absolute atomic E-state index is 13.4. The lowest BCUT2D eigenvalue weighted by Crippen LogP contribution is -2.12. The van der Waals surface area contributed by atoms with Gasteiger partial charge in [0.1, 0.15) is 0 Å². The van der Waals surface area contributed by atoms with Crippen LogP contribution in [-0.2, 0) is 12.4 Å². The summed E-state index contributed by atoms with van der Waals surface area (Å²) in [4.78, 5) is 10.0. The summed E-state index contributed by atoms with van der Waals surface area (Å²) in [5, 5.41) is 0. The minimum Gasteiger partial charge on any atom is -0.377 e. The number of alkyl halides is 6. The lowest BCUT2D eigenvalue weighted by atomic mass is 10.0. The molecule has 34 heavy (non-hydrogen) atoms. The van der Waals surface area contributed by atoms with Crippen molar-refractivity contribution in [3.63, 3.8) is 0 Å². The molecule has 0 fully saturated rings. The zero-order valence-electron chi connectivity index (χ0n) is 18.0. The summed E-state index contributed by atoms with van der Waals surface area (Å²) in [7, 11) is 3.73. The van der Waals surface area contributed by atoms with Gasteiger partial charge in [0.2, 0.25) is 0 Å². The first-order valence-electron chi connectivity index (χ1n) is 10.00. The number of nitrogens with zero attached hydrogens (tertiary/aromatic N) is 4. The average Bonchev–Trinajstić information content (AvgIpc) is 3.27. The summed E-state index contributed by atoms with van der Waals surface area (Å²) < 4.78 is 81.8. The Morgan fingerprint density at radius 2 is 1.41 bits per heavy atom. The monoisotopic (exact) mass is 476 g/mol. The lowest BCUT2D eigenvalue weighted by Gasteiger charge is -2.20. The first-order chi connectivity index (χ1) is 16.0. The third kappa shape index (κ3) is 4.48. The minimum absolute atomic E-state index is 0.0631. The maximum atomic E-state index is 13.4. The molecule has 2 heterocycles. The van der Waals surface area contributed by atoms with Gasteiger partial charge in [-0.1, -0.05) is 18.2 Å². The number of hydrogen-bond acceptors (Lipinski definition) is 3. The van der Waals surface area contributed by atoms with Gasteiger partial charge in [-0.15, -0.1) is 0 Å². The van der Waals surface area contributed by atoms with Gasteiger partial charge in [-0.05, 0) is 30.3 Å². The van der Waals surface area contributed by atoms with Gasteiger partial charge in [0, 0.05) is 42.7 Å². The lowest BCUT2D eigenvalue weighted by molar-refractivity contribution is -0.143. The number of hydrogen-bond donors (Lipinski definition) is 0. The molecule has 0 N–H and O–H groups in total. The fraction of sp³-hybridized carbons (Fsp3) is 0.167. The highest BCUT2D eigenvalue weighted by molar-refractivity contribution is 5.84. The highest BCUT2D eigenvalue weighted by atomic mass is 19.4. The van der Waals surface area contributed by atoms with Crippen LogP contribution in [0.2, 0.25) is 0 Å². The highest BCUT2D eigenvalue weighted by Gasteiger charge is 2.37. The predicted octanol–water partition coefficient (Wildman–Crippen LogP) is 6.70. The number of para-hydroxylation sites is 1. The van der Waals surface area contributed by atoms with Gasteiger partial charge < -0.3 is 4.90 Å². The van der Waals surface area contributed by atoms with Gasteiger partial charge in [0.25, 0.3) is 0 Å². The van der Waals surface area contributed by atoms with Gasteiger partial charge in [-0.3, -0.25) is 9.55 Å². The van der Waals surface area contributed by atoms with E-state index in [2.05, 4.69) is 9.97 Å². The van der Waals surface area contributed by atoms with Crippen molar-refractivity contribution in [3.05, 3.63) is 84.6 Å². The molecular weight excluding hydrogens is 458 g/mol. The van der Waals surface area contributed by atoms with Gasteiger partial charge in [-0.25, -0.2) is 4.98 Å². The standard InChI is InChI=1S/C24H18F6N4/c1-33(2)20-6-4-3-5-18(20)19-7-8-31-13-22(19)34-14-32-12-21(34)15-9-16(23(25,26)27)11-17(10-15)24(28,29)30/h3-14H,1-2H3. The van der Waals surface area contributed by atoms with Crippen LogP contribution in [0.5, 0.6) is 0 Å². The van der Waals surface area contributed by atoms with Crippen LogP contribution in [0.15, 0.2) is 73.4 Å². The smallest absolute Gasteiger partial charge is 0.377 e. The Balaban J connectivity index is 1.94. The molecular formula is C24H18F6N4. The van der Waals surface area contributed by atoms with E-state index in [0.29, 0.717) is 23.4 Å². The van der Waals surface area contributed by atoms with Crippen molar-refractivity contribution in [2.45, 2.75) is 12.4 Å². The van der Waals surface area contributed by atoms with Crippen molar-refractivity contribution >= 4 is 5.69 Å². The third-order valence-electron chi connectivity index (χ3n) is 5.26. The van der Waals surface area contributed by atoms with Gasteiger partial charge in [-0.2, -0.15) is 26.3 Å². The number of anilines is 1. The van der Waals surface area contributed by atoms with Gasteiger partial charge in [0.15, 0.2) is 0 Å². The quantitative estimate of drug-likeness (QED) is 0.307. The number of benzene rings is 2. The Morgan fingerprint density at radius 3 is 2.03 bits per heavy atom. The van der Waals surface area contributed by atoms with Crippen molar-refractivity contribution < 1.29 is 26.3 Å². The number of pyridine rings is 1. The fourth-order valence-corrected chi connectivity index (χ4v) is 3.70. The SMILES string of the molecule is CN(C)c1ccccc1-c1ccncc1-n1cncc1-c1cc(C(F)(F)F)cc(C(F)(F)F)c1. The molecule has 10 heteroatoms. The summed E-state index contributed by atoms with van der Waals surface area (Å²) >= 11 is 0. The van der Waals surface area contributed by atoms with Crippen molar-refractivity contribution in [1.82, 2.24) is 14.5 Å². The van der Waals surface area contributed by atoms with Gasteiger partial charge in [0.05, 0.1) is 41.2 Å². The largest absolute Gasteiger partial charge is 0.416 e. The normalized spacial score (nSPS) is 12.1. The third-order valence-corrected chi connectivity index (χ3v) is 5.26. The van der Waals surface area contributed by atoms with E-state index in [4.69, 9.17) is 0 Å². The van der Waals surface area contributed by atoms with Gasteiger partial charge >= 0.3 is 12.4 Å². The highest BCUT2D eigenvalue weighted by Crippen LogP contribution is 2.40. The van der Waals surface area contributed by atoms with E-state index in [0.717, 1.165) is 11.3 Å². The van der Waals surface area contributed by atoms with Crippen LogP contribution in [0, 0.1) is 0 Å². The summed E-state index contributed by atoms with van der Waals surface area (Å²) in [5.41, 5.74) is -0.177. The van der Waals surface area contributed by atoms with Crippen molar-refractivity contribution in [2.24, 2.45) is 0 Å². The Kier molecular flexibility index (Phi) is 5.84. The molecule has 0 radical (unpaired) electrons. The molecule has 0 saturated heterocycles. The number of imidazole rings is 1. The van der Waals surface area contributed by atoms with E-state index in [1.165, 1.54) is 23.3 Å². The molecule has 0 saturated carbocycles. The molecule has 2 aromatic heterocycles. The van der Waals surface area contributed by atoms with E-state index in [1.807, 2.05) is 43.3 Å². The predicted molar refractivity (Wildman–Crippen MR) is 117 cm³/mol. The van der Waals surface area contributed by atoms with Crippen LogP contribution in [0.3, 0.4) is 0 Å². The molecule has 2 aromatic carbocycles. The van der Waals surface area contributed by atoms with E-state index in [9.17, 15) is 26.3 Å². The average molecular weight is 476 g/mol. The molecule has 0 spiro atoms. The van der Waals surface area contributed by atoms with Crippen LogP contribution in [0.4, 0.5) is 32.0 Å². The first kappa shape index (κ1) is 23.3. The van der Waals surface area contributed by atoms with Crippen LogP contribution < -0.4 is 4.90 Å². The van der Waals surface area contributed by atoms with E-state index >= 15 is 0 Å². The zero-order chi connectivity index (χ0) is 24.7. The number of halogens is 6. The van der Waals surface area contributed by atoms with Crippen LogP contribution in [0.1, 0.15) is 11.1 Å². The Bertz CT molecular complexity index is 1290. The van der Waals surface area contributed by atoms with Crippen molar-refractivity contribution in [1.29, 1.82) is 0 Å². The van der Waals surface area contributed by atoms with E-state index < -0.39 is 23.5 Å². The molecule has 4 nitrogen and oxygen atoms in total. The first-order valence-corrected chi connectivity index (χ1v) is 10.00. The van der Waals surface area contributed by atoms with Crippen LogP contribution in [0.25, 0.3) is 28.1 Å². The number of rotatable bonds is 4.